The number of aliphatic carboxylic acids is 1. The molecule has 0 bridgehead atoms. The number of carboxylic acids is 1. The summed E-state index contributed by atoms with van der Waals surface area (Å²) >= 11 is 0. The molecule has 0 fully saturated rings. The summed E-state index contributed by atoms with van der Waals surface area (Å²) in [6, 6.07) is 16.2. The van der Waals surface area contributed by atoms with Gasteiger partial charge in [0, 0.05) is 19.8 Å². The first-order valence-corrected chi connectivity index (χ1v) is 7.68. The van der Waals surface area contributed by atoms with E-state index in [4.69, 9.17) is 0 Å². The van der Waals surface area contributed by atoms with Crippen molar-refractivity contribution in [1.29, 1.82) is 0 Å². The zero-order valence-electron chi connectivity index (χ0n) is 13.9. The van der Waals surface area contributed by atoms with E-state index in [1.165, 1.54) is 0 Å². The van der Waals surface area contributed by atoms with Crippen molar-refractivity contribution in [1.82, 2.24) is 0 Å². The Morgan fingerprint density at radius 3 is 2.28 bits per heavy atom. The number of carbonyl (C=O) groups is 2. The molecule has 0 unspecified atom stereocenters. The highest BCUT2D eigenvalue weighted by atomic mass is 16.4. The van der Waals surface area contributed by atoms with E-state index in [1.54, 1.807) is 30.3 Å². The predicted molar refractivity (Wildman–Crippen MR) is 97.7 cm³/mol. The van der Waals surface area contributed by atoms with Crippen LogP contribution < -0.4 is 9.91 Å². The molecule has 1 aliphatic rings. The number of anilines is 2. The third-order valence-electron chi connectivity index (χ3n) is 3.80. The molecule has 25 heavy (non-hydrogen) atoms. The molecule has 126 valence electrons. The number of para-hydroxylation sites is 1. The molecule has 0 aromatic heterocycles. The highest BCUT2D eigenvalue weighted by molar-refractivity contribution is 6.53. The molecule has 2 aromatic carbocycles. The molecular formula is C19H17N3O3. The SMILES string of the molecule is CN(C)c1ccc(/C=C2\C(=O)N(c3ccccc3)N=C2C(=O)O)cc1. The number of rotatable bonds is 4. The van der Waals surface area contributed by atoms with Gasteiger partial charge < -0.3 is 10.0 Å². The monoisotopic (exact) mass is 335 g/mol. The van der Waals surface area contributed by atoms with Crippen molar-refractivity contribution in [3.8, 4) is 0 Å². The Bertz CT molecular complexity index is 869. The molecule has 1 aliphatic heterocycles. The quantitative estimate of drug-likeness (QED) is 0.872. The molecular weight excluding hydrogens is 318 g/mol. The summed E-state index contributed by atoms with van der Waals surface area (Å²) in [6.45, 7) is 0. The average molecular weight is 335 g/mol. The molecule has 0 aliphatic carbocycles. The maximum atomic E-state index is 12.7. The second kappa shape index (κ2) is 6.60. The van der Waals surface area contributed by atoms with Gasteiger partial charge in [-0.05, 0) is 35.9 Å². The molecule has 1 N–H and O–H groups in total. The molecule has 0 saturated carbocycles. The van der Waals surface area contributed by atoms with E-state index >= 15 is 0 Å². The van der Waals surface area contributed by atoms with E-state index < -0.39 is 11.9 Å². The highest BCUT2D eigenvalue weighted by Gasteiger charge is 2.34. The fourth-order valence-corrected chi connectivity index (χ4v) is 2.48. The lowest BCUT2D eigenvalue weighted by atomic mass is 10.1. The van der Waals surface area contributed by atoms with Gasteiger partial charge in [0.25, 0.3) is 5.91 Å². The Morgan fingerprint density at radius 2 is 1.72 bits per heavy atom. The van der Waals surface area contributed by atoms with Crippen LogP contribution in [0.4, 0.5) is 11.4 Å². The topological polar surface area (TPSA) is 73.2 Å². The summed E-state index contributed by atoms with van der Waals surface area (Å²) in [4.78, 5) is 26.1. The van der Waals surface area contributed by atoms with Gasteiger partial charge >= 0.3 is 5.97 Å². The van der Waals surface area contributed by atoms with Crippen molar-refractivity contribution in [3.63, 3.8) is 0 Å². The van der Waals surface area contributed by atoms with E-state index in [0.29, 0.717) is 5.69 Å². The largest absolute Gasteiger partial charge is 0.476 e. The number of hydrogen-bond donors (Lipinski definition) is 1. The number of hydrogen-bond acceptors (Lipinski definition) is 4. The number of carbonyl (C=O) groups excluding carboxylic acids is 1. The molecule has 1 amide bonds. The maximum absolute atomic E-state index is 12.7. The van der Waals surface area contributed by atoms with Gasteiger partial charge in [-0.15, -0.1) is 0 Å². The first-order valence-electron chi connectivity index (χ1n) is 7.68. The van der Waals surface area contributed by atoms with Crippen LogP contribution in [0.3, 0.4) is 0 Å². The molecule has 0 saturated heterocycles. The summed E-state index contributed by atoms with van der Waals surface area (Å²) in [5.74, 6) is -1.69. The fraction of sp³-hybridized carbons (Fsp3) is 0.105. The van der Waals surface area contributed by atoms with Gasteiger partial charge in [-0.1, -0.05) is 30.3 Å². The summed E-state index contributed by atoms with van der Waals surface area (Å²) in [5.41, 5.74) is 2.08. The normalized spacial score (nSPS) is 15.4. The number of nitrogens with zero attached hydrogens (tertiary/aromatic N) is 3. The molecule has 0 radical (unpaired) electrons. The number of carboxylic acid groups (broad SMARTS) is 1. The minimum atomic E-state index is -1.23. The smallest absolute Gasteiger partial charge is 0.357 e. The van der Waals surface area contributed by atoms with Crippen LogP contribution in [0.25, 0.3) is 6.08 Å². The van der Waals surface area contributed by atoms with E-state index in [1.807, 2.05) is 49.3 Å². The lowest BCUT2D eigenvalue weighted by Crippen LogP contribution is -2.22. The lowest BCUT2D eigenvalue weighted by molar-refractivity contribution is -0.129. The zero-order chi connectivity index (χ0) is 18.0. The van der Waals surface area contributed by atoms with Crippen LogP contribution in [-0.4, -0.2) is 36.8 Å². The van der Waals surface area contributed by atoms with Crippen molar-refractivity contribution in [2.24, 2.45) is 5.10 Å². The van der Waals surface area contributed by atoms with Gasteiger partial charge in [-0.3, -0.25) is 4.79 Å². The summed E-state index contributed by atoms with van der Waals surface area (Å²) in [5, 5.41) is 14.5. The van der Waals surface area contributed by atoms with Gasteiger partial charge in [0.15, 0.2) is 5.71 Å². The summed E-state index contributed by atoms with van der Waals surface area (Å²) < 4.78 is 0. The van der Waals surface area contributed by atoms with Crippen LogP contribution in [0.15, 0.2) is 65.3 Å². The number of benzene rings is 2. The Morgan fingerprint density at radius 1 is 1.08 bits per heavy atom. The summed E-state index contributed by atoms with van der Waals surface area (Å²) in [6.07, 6.45) is 1.55. The van der Waals surface area contributed by atoms with Crippen LogP contribution in [0.5, 0.6) is 0 Å². The Hall–Kier alpha value is -3.41. The third kappa shape index (κ3) is 3.28. The van der Waals surface area contributed by atoms with Crippen molar-refractivity contribution < 1.29 is 14.7 Å². The predicted octanol–water partition coefficient (Wildman–Crippen LogP) is 2.62. The Kier molecular flexibility index (Phi) is 4.35. The van der Waals surface area contributed by atoms with Gasteiger partial charge in [0.1, 0.15) is 0 Å². The number of amides is 1. The van der Waals surface area contributed by atoms with Crippen molar-refractivity contribution in [3.05, 3.63) is 65.7 Å². The van der Waals surface area contributed by atoms with Gasteiger partial charge in [0.05, 0.1) is 11.3 Å². The molecule has 3 rings (SSSR count). The van der Waals surface area contributed by atoms with Gasteiger partial charge in [0.2, 0.25) is 0 Å². The average Bonchev–Trinajstić information content (AvgIpc) is 2.93. The highest BCUT2D eigenvalue weighted by Crippen LogP contribution is 2.25. The van der Waals surface area contributed by atoms with E-state index in [-0.39, 0.29) is 11.3 Å². The van der Waals surface area contributed by atoms with Crippen LogP contribution >= 0.6 is 0 Å². The summed E-state index contributed by atoms with van der Waals surface area (Å²) in [7, 11) is 3.86. The van der Waals surface area contributed by atoms with Crippen LogP contribution in [0.2, 0.25) is 0 Å². The van der Waals surface area contributed by atoms with Crippen molar-refractivity contribution >= 4 is 35.0 Å². The Balaban J connectivity index is 1.98. The van der Waals surface area contributed by atoms with E-state index in [0.717, 1.165) is 16.3 Å². The molecule has 1 heterocycles. The van der Waals surface area contributed by atoms with Crippen LogP contribution in [0, 0.1) is 0 Å². The lowest BCUT2D eigenvalue weighted by Gasteiger charge is -2.12. The first-order chi connectivity index (χ1) is 12.0. The van der Waals surface area contributed by atoms with E-state index in [9.17, 15) is 14.7 Å². The van der Waals surface area contributed by atoms with Crippen LogP contribution in [-0.2, 0) is 9.59 Å². The standard InChI is InChI=1S/C19H17N3O3/c1-21(2)14-10-8-13(9-11-14)12-16-17(19(24)25)20-22(18(16)23)15-6-4-3-5-7-15/h3-12H,1-2H3,(H,24,25)/b16-12-. The van der Waals surface area contributed by atoms with Crippen LogP contribution in [0.1, 0.15) is 5.56 Å². The second-order valence-corrected chi connectivity index (χ2v) is 5.75. The molecule has 6 heteroatoms. The maximum Gasteiger partial charge on any atom is 0.357 e. The molecule has 0 spiro atoms. The van der Waals surface area contributed by atoms with Crippen molar-refractivity contribution in [2.75, 3.05) is 24.0 Å². The second-order valence-electron chi connectivity index (χ2n) is 5.75. The Labute approximate surface area is 145 Å². The molecule has 2 aromatic rings. The fourth-order valence-electron chi connectivity index (χ4n) is 2.48. The first kappa shape index (κ1) is 16.4. The van der Waals surface area contributed by atoms with E-state index in [2.05, 4.69) is 5.10 Å². The minimum Gasteiger partial charge on any atom is -0.476 e. The molecule has 0 atom stereocenters. The van der Waals surface area contributed by atoms with Gasteiger partial charge in [-0.2, -0.15) is 10.1 Å². The van der Waals surface area contributed by atoms with Gasteiger partial charge in [-0.25, -0.2) is 4.79 Å². The number of hydrazone groups is 1. The molecule has 6 nitrogen and oxygen atoms in total. The third-order valence-corrected chi connectivity index (χ3v) is 3.80. The minimum absolute atomic E-state index is 0.0638. The zero-order valence-corrected chi connectivity index (χ0v) is 13.9. The van der Waals surface area contributed by atoms with Crippen molar-refractivity contribution in [2.45, 2.75) is 0 Å².